The molecule has 0 fully saturated rings. The summed E-state index contributed by atoms with van der Waals surface area (Å²) in [5.41, 5.74) is 7.64. The van der Waals surface area contributed by atoms with Gasteiger partial charge in [-0.3, -0.25) is 0 Å². The molecule has 2 N–H and O–H groups in total. The Morgan fingerprint density at radius 1 is 1.50 bits per heavy atom. The molecule has 2 nitrogen and oxygen atoms in total. The van der Waals surface area contributed by atoms with Crippen LogP contribution in [0.4, 0.5) is 5.82 Å². The number of pyridine rings is 1. The molecule has 0 aliphatic heterocycles. The maximum atomic E-state index is 5.69. The summed E-state index contributed by atoms with van der Waals surface area (Å²) < 4.78 is 0. The molecule has 0 saturated carbocycles. The zero-order valence-electron chi connectivity index (χ0n) is 8.80. The maximum absolute atomic E-state index is 5.69. The molecule has 0 saturated heterocycles. The van der Waals surface area contributed by atoms with E-state index in [9.17, 15) is 0 Å². The van der Waals surface area contributed by atoms with E-state index in [2.05, 4.69) is 23.7 Å². The van der Waals surface area contributed by atoms with Crippen LogP contribution >= 0.6 is 0 Å². The van der Waals surface area contributed by atoms with Gasteiger partial charge >= 0.3 is 0 Å². The van der Waals surface area contributed by atoms with E-state index in [1.807, 2.05) is 13.0 Å². The second kappa shape index (κ2) is 5.29. The molecule has 1 aromatic rings. The minimum Gasteiger partial charge on any atom is -0.383 e. The molecule has 74 valence electrons. The van der Waals surface area contributed by atoms with Crippen LogP contribution < -0.4 is 5.73 Å². The lowest BCUT2D eigenvalue weighted by Gasteiger charge is -1.97. The smallest absolute Gasteiger partial charge is 0.139 e. The highest BCUT2D eigenvalue weighted by atomic mass is 14.8. The summed E-state index contributed by atoms with van der Waals surface area (Å²) in [5, 5.41) is 0. The molecule has 2 heteroatoms. The summed E-state index contributed by atoms with van der Waals surface area (Å²) in [6, 6.07) is 1.97. The Kier molecular flexibility index (Phi) is 4.00. The van der Waals surface area contributed by atoms with Gasteiger partial charge < -0.3 is 5.73 Å². The standard InChI is InChI=1S/C12H16N2/c1-3-4-5-6-7-11-8-10(2)9-14-12(11)13/h8-9H,3-5H2,1-2H3,(H2,13,14). The Bertz CT molecular complexity index is 358. The molecule has 0 aliphatic rings. The fraction of sp³-hybridized carbons (Fsp3) is 0.417. The van der Waals surface area contributed by atoms with Gasteiger partial charge in [-0.05, 0) is 25.0 Å². The fourth-order valence-electron chi connectivity index (χ4n) is 1.10. The number of unbranched alkanes of at least 4 members (excludes halogenated alkanes) is 2. The van der Waals surface area contributed by atoms with Gasteiger partial charge in [-0.2, -0.15) is 0 Å². The van der Waals surface area contributed by atoms with Crippen LogP contribution in [0, 0.1) is 18.8 Å². The highest BCUT2D eigenvalue weighted by Gasteiger charge is 1.95. The first-order chi connectivity index (χ1) is 6.74. The van der Waals surface area contributed by atoms with Crippen molar-refractivity contribution in [2.45, 2.75) is 33.1 Å². The first kappa shape index (κ1) is 10.6. The minimum absolute atomic E-state index is 0.527. The lowest BCUT2D eigenvalue weighted by molar-refractivity contribution is 0.828. The predicted molar refractivity (Wildman–Crippen MR) is 59.8 cm³/mol. The zero-order chi connectivity index (χ0) is 10.4. The van der Waals surface area contributed by atoms with Crippen molar-refractivity contribution in [3.63, 3.8) is 0 Å². The maximum Gasteiger partial charge on any atom is 0.139 e. The van der Waals surface area contributed by atoms with Crippen LogP contribution in [0.1, 0.15) is 37.3 Å². The Morgan fingerprint density at radius 3 is 3.00 bits per heavy atom. The molecule has 0 aliphatic carbocycles. The number of hydrogen-bond acceptors (Lipinski definition) is 2. The van der Waals surface area contributed by atoms with Gasteiger partial charge in [0.1, 0.15) is 5.82 Å². The normalized spacial score (nSPS) is 9.29. The first-order valence-electron chi connectivity index (χ1n) is 4.95. The molecular weight excluding hydrogens is 172 g/mol. The number of aromatic nitrogens is 1. The van der Waals surface area contributed by atoms with Gasteiger partial charge in [0.25, 0.3) is 0 Å². The summed E-state index contributed by atoms with van der Waals surface area (Å²) >= 11 is 0. The fourth-order valence-corrected chi connectivity index (χ4v) is 1.10. The van der Waals surface area contributed by atoms with Gasteiger partial charge in [0.05, 0.1) is 5.56 Å². The Balaban J connectivity index is 2.73. The highest BCUT2D eigenvalue weighted by Crippen LogP contribution is 2.08. The highest BCUT2D eigenvalue weighted by molar-refractivity contribution is 5.51. The average molecular weight is 188 g/mol. The molecule has 0 radical (unpaired) electrons. The summed E-state index contributed by atoms with van der Waals surface area (Å²) in [6.45, 7) is 4.15. The zero-order valence-corrected chi connectivity index (χ0v) is 8.80. The van der Waals surface area contributed by atoms with Crippen molar-refractivity contribution in [3.8, 4) is 11.8 Å². The lowest BCUT2D eigenvalue weighted by Crippen LogP contribution is -1.94. The number of nitrogen functional groups attached to an aromatic ring is 1. The Labute approximate surface area is 85.5 Å². The molecule has 0 aromatic carbocycles. The van der Waals surface area contributed by atoms with E-state index in [1.165, 1.54) is 6.42 Å². The Hall–Kier alpha value is -1.49. The molecule has 0 spiro atoms. The van der Waals surface area contributed by atoms with E-state index in [0.717, 1.165) is 24.0 Å². The molecular formula is C12H16N2. The predicted octanol–water partition coefficient (Wildman–Crippen LogP) is 2.51. The number of hydrogen-bond donors (Lipinski definition) is 1. The van der Waals surface area contributed by atoms with Crippen molar-refractivity contribution in [2.75, 3.05) is 5.73 Å². The number of nitrogens with zero attached hydrogens (tertiary/aromatic N) is 1. The van der Waals surface area contributed by atoms with E-state index in [-0.39, 0.29) is 0 Å². The van der Waals surface area contributed by atoms with Gasteiger partial charge in [0, 0.05) is 12.6 Å². The van der Waals surface area contributed by atoms with Crippen LogP contribution in [-0.2, 0) is 0 Å². The van der Waals surface area contributed by atoms with Crippen molar-refractivity contribution in [1.82, 2.24) is 4.98 Å². The van der Waals surface area contributed by atoms with Crippen LogP contribution in [0.15, 0.2) is 12.3 Å². The molecule has 0 bridgehead atoms. The van der Waals surface area contributed by atoms with Crippen molar-refractivity contribution in [3.05, 3.63) is 23.4 Å². The average Bonchev–Trinajstić information content (AvgIpc) is 2.18. The molecule has 1 aromatic heterocycles. The summed E-state index contributed by atoms with van der Waals surface area (Å²) in [4.78, 5) is 4.05. The monoisotopic (exact) mass is 188 g/mol. The second-order valence-electron chi connectivity index (χ2n) is 3.35. The SMILES string of the molecule is CCCCC#Cc1cc(C)cnc1N. The summed E-state index contributed by atoms with van der Waals surface area (Å²) in [5.74, 6) is 6.68. The molecule has 0 amide bonds. The molecule has 1 rings (SSSR count). The van der Waals surface area contributed by atoms with Crippen molar-refractivity contribution in [2.24, 2.45) is 0 Å². The van der Waals surface area contributed by atoms with E-state index in [1.54, 1.807) is 6.20 Å². The Morgan fingerprint density at radius 2 is 2.29 bits per heavy atom. The van der Waals surface area contributed by atoms with Gasteiger partial charge in [0.2, 0.25) is 0 Å². The van der Waals surface area contributed by atoms with E-state index in [0.29, 0.717) is 5.82 Å². The quantitative estimate of drug-likeness (QED) is 0.572. The van der Waals surface area contributed by atoms with Crippen LogP contribution in [0.25, 0.3) is 0 Å². The van der Waals surface area contributed by atoms with Gasteiger partial charge in [-0.15, -0.1) is 0 Å². The van der Waals surface area contributed by atoms with Crippen LogP contribution in [0.5, 0.6) is 0 Å². The van der Waals surface area contributed by atoms with Gasteiger partial charge in [0.15, 0.2) is 0 Å². The lowest BCUT2D eigenvalue weighted by atomic mass is 10.2. The van der Waals surface area contributed by atoms with Crippen LogP contribution in [0.2, 0.25) is 0 Å². The van der Waals surface area contributed by atoms with Crippen LogP contribution in [-0.4, -0.2) is 4.98 Å². The van der Waals surface area contributed by atoms with E-state index >= 15 is 0 Å². The molecule has 0 atom stereocenters. The number of rotatable bonds is 2. The third kappa shape index (κ3) is 3.10. The van der Waals surface area contributed by atoms with E-state index in [4.69, 9.17) is 5.73 Å². The van der Waals surface area contributed by atoms with E-state index < -0.39 is 0 Å². The van der Waals surface area contributed by atoms with Crippen molar-refractivity contribution in [1.29, 1.82) is 0 Å². The van der Waals surface area contributed by atoms with Gasteiger partial charge in [-0.1, -0.05) is 25.2 Å². The van der Waals surface area contributed by atoms with Crippen LogP contribution in [0.3, 0.4) is 0 Å². The molecule has 1 heterocycles. The number of aryl methyl sites for hydroxylation is 1. The molecule has 0 unspecified atom stereocenters. The number of anilines is 1. The number of nitrogens with two attached hydrogens (primary N) is 1. The topological polar surface area (TPSA) is 38.9 Å². The third-order valence-corrected chi connectivity index (χ3v) is 1.93. The summed E-state index contributed by atoms with van der Waals surface area (Å²) in [6.07, 6.45) is 5.01. The summed E-state index contributed by atoms with van der Waals surface area (Å²) in [7, 11) is 0. The van der Waals surface area contributed by atoms with Gasteiger partial charge in [-0.25, -0.2) is 4.98 Å². The largest absolute Gasteiger partial charge is 0.383 e. The third-order valence-electron chi connectivity index (χ3n) is 1.93. The minimum atomic E-state index is 0.527. The first-order valence-corrected chi connectivity index (χ1v) is 4.95. The second-order valence-corrected chi connectivity index (χ2v) is 3.35. The molecule has 14 heavy (non-hydrogen) atoms. The van der Waals surface area contributed by atoms with Crippen molar-refractivity contribution >= 4 is 5.82 Å². The van der Waals surface area contributed by atoms with Crippen molar-refractivity contribution < 1.29 is 0 Å².